The molecule has 0 unspecified atom stereocenters. The van der Waals surface area contributed by atoms with Crippen LogP contribution >= 0.6 is 0 Å². The maximum atomic E-state index is 12.3. The lowest BCUT2D eigenvalue weighted by atomic mass is 10.3. The second-order valence-corrected chi connectivity index (χ2v) is 6.28. The Labute approximate surface area is 120 Å². The third-order valence-electron chi connectivity index (χ3n) is 2.56. The van der Waals surface area contributed by atoms with Crippen molar-refractivity contribution in [3.8, 4) is 0 Å². The molecule has 0 aliphatic rings. The van der Waals surface area contributed by atoms with Crippen LogP contribution in [-0.2, 0) is 20.8 Å². The third kappa shape index (κ3) is 5.33. The fourth-order valence-corrected chi connectivity index (χ4v) is 2.52. The number of aromatic nitrogens is 1. The zero-order valence-electron chi connectivity index (χ0n) is 11.3. The van der Waals surface area contributed by atoms with E-state index in [4.69, 9.17) is 0 Å². The second kappa shape index (κ2) is 6.88. The number of amides is 1. The summed E-state index contributed by atoms with van der Waals surface area (Å²) in [5, 5.41) is 1.86. The average molecular weight is 324 g/mol. The molecule has 1 aromatic rings. The molecule has 1 N–H and O–H groups in total. The molecule has 0 radical (unpaired) electrons. The summed E-state index contributed by atoms with van der Waals surface area (Å²) in [6, 6.07) is 1.37. The number of halogens is 3. The minimum absolute atomic E-state index is 0.352. The van der Waals surface area contributed by atoms with E-state index in [1.165, 1.54) is 0 Å². The van der Waals surface area contributed by atoms with E-state index in [0.717, 1.165) is 12.5 Å². The number of alkyl halides is 3. The number of hydrogen-bond acceptors (Lipinski definition) is 4. The van der Waals surface area contributed by atoms with Crippen molar-refractivity contribution in [2.45, 2.75) is 31.0 Å². The number of sulfone groups is 1. The predicted octanol–water partition coefficient (Wildman–Crippen LogP) is 1.79. The number of carbonyl (C=O) groups excluding carboxylic acids is 1. The number of nitrogens with zero attached hydrogens (tertiary/aromatic N) is 1. The van der Waals surface area contributed by atoms with E-state index in [1.54, 1.807) is 0 Å². The zero-order chi connectivity index (χ0) is 16.1. The van der Waals surface area contributed by atoms with Gasteiger partial charge >= 0.3 is 6.18 Å². The quantitative estimate of drug-likeness (QED) is 0.810. The normalized spacial score (nSPS) is 12.2. The molecular formula is C12H15F3N2O3S. The average Bonchev–Trinajstić information content (AvgIpc) is 2.37. The molecular weight excluding hydrogens is 309 g/mol. The molecule has 1 heterocycles. The number of rotatable bonds is 6. The van der Waals surface area contributed by atoms with Crippen molar-refractivity contribution >= 4 is 15.7 Å². The van der Waals surface area contributed by atoms with Crippen molar-refractivity contribution in [2.75, 3.05) is 12.3 Å². The molecule has 21 heavy (non-hydrogen) atoms. The first-order valence-corrected chi connectivity index (χ1v) is 7.84. The standard InChI is InChI=1S/C12H15F3N2O3S/c1-2-3-6-16-10(18)8-21(19,20)11-5-4-9(7-17-11)12(13,14)15/h4-5,7H,2-3,6,8H2,1H3,(H,16,18). The lowest BCUT2D eigenvalue weighted by molar-refractivity contribution is -0.137. The maximum Gasteiger partial charge on any atom is 0.417 e. The first-order chi connectivity index (χ1) is 9.66. The van der Waals surface area contributed by atoms with Crippen molar-refractivity contribution in [3.63, 3.8) is 0 Å². The Hall–Kier alpha value is -1.64. The Bertz CT molecular complexity index is 583. The van der Waals surface area contributed by atoms with Gasteiger partial charge < -0.3 is 5.32 Å². The highest BCUT2D eigenvalue weighted by Gasteiger charge is 2.31. The van der Waals surface area contributed by atoms with Gasteiger partial charge in [0.15, 0.2) is 5.03 Å². The highest BCUT2D eigenvalue weighted by atomic mass is 32.2. The number of pyridine rings is 1. The first-order valence-electron chi connectivity index (χ1n) is 6.19. The SMILES string of the molecule is CCCCNC(=O)CS(=O)(=O)c1ccc(C(F)(F)F)cn1. The van der Waals surface area contributed by atoms with Crippen LogP contribution in [0.1, 0.15) is 25.3 Å². The van der Waals surface area contributed by atoms with Crippen molar-refractivity contribution in [2.24, 2.45) is 0 Å². The molecule has 0 aromatic carbocycles. The van der Waals surface area contributed by atoms with Gasteiger partial charge in [0.25, 0.3) is 0 Å². The van der Waals surface area contributed by atoms with Gasteiger partial charge in [-0.2, -0.15) is 13.2 Å². The molecule has 0 bridgehead atoms. The van der Waals surface area contributed by atoms with Crippen LogP contribution in [0.5, 0.6) is 0 Å². The van der Waals surface area contributed by atoms with E-state index >= 15 is 0 Å². The Morgan fingerprint density at radius 2 is 2.00 bits per heavy atom. The van der Waals surface area contributed by atoms with Crippen LogP contribution in [0.4, 0.5) is 13.2 Å². The zero-order valence-corrected chi connectivity index (χ0v) is 12.1. The molecule has 118 valence electrons. The Morgan fingerprint density at radius 1 is 1.33 bits per heavy atom. The lowest BCUT2D eigenvalue weighted by Crippen LogP contribution is -2.31. The maximum absolute atomic E-state index is 12.3. The molecule has 0 saturated heterocycles. The van der Waals surface area contributed by atoms with Crippen LogP contribution in [0, 0.1) is 0 Å². The third-order valence-corrected chi connectivity index (χ3v) is 4.08. The van der Waals surface area contributed by atoms with Crippen LogP contribution < -0.4 is 5.32 Å². The minimum Gasteiger partial charge on any atom is -0.355 e. The predicted molar refractivity (Wildman–Crippen MR) is 69.2 cm³/mol. The number of nitrogens with one attached hydrogen (secondary N) is 1. The lowest BCUT2D eigenvalue weighted by Gasteiger charge is -2.08. The van der Waals surface area contributed by atoms with Gasteiger partial charge in [-0.15, -0.1) is 0 Å². The first kappa shape index (κ1) is 17.4. The highest BCUT2D eigenvalue weighted by Crippen LogP contribution is 2.28. The summed E-state index contributed by atoms with van der Waals surface area (Å²) in [6.45, 7) is 2.26. The van der Waals surface area contributed by atoms with Crippen LogP contribution in [0.2, 0.25) is 0 Å². The van der Waals surface area contributed by atoms with E-state index in [9.17, 15) is 26.4 Å². The van der Waals surface area contributed by atoms with Crippen LogP contribution in [-0.4, -0.2) is 31.6 Å². The summed E-state index contributed by atoms with van der Waals surface area (Å²) >= 11 is 0. The summed E-state index contributed by atoms with van der Waals surface area (Å²) in [4.78, 5) is 14.7. The van der Waals surface area contributed by atoms with Crippen molar-refractivity contribution in [1.29, 1.82) is 0 Å². The topological polar surface area (TPSA) is 76.1 Å². The van der Waals surface area contributed by atoms with Gasteiger partial charge in [-0.05, 0) is 18.6 Å². The van der Waals surface area contributed by atoms with E-state index in [2.05, 4.69) is 10.3 Å². The van der Waals surface area contributed by atoms with Crippen molar-refractivity contribution in [1.82, 2.24) is 10.3 Å². The van der Waals surface area contributed by atoms with Gasteiger partial charge in [-0.25, -0.2) is 13.4 Å². The molecule has 0 fully saturated rings. The summed E-state index contributed by atoms with van der Waals surface area (Å²) in [5.41, 5.74) is -1.05. The molecule has 1 amide bonds. The summed E-state index contributed by atoms with van der Waals surface area (Å²) in [6.07, 6.45) is -2.60. The van der Waals surface area contributed by atoms with E-state index in [-0.39, 0.29) is 0 Å². The molecule has 0 aliphatic carbocycles. The summed E-state index contributed by atoms with van der Waals surface area (Å²) in [7, 11) is -4.05. The Balaban J connectivity index is 2.77. The molecule has 0 atom stereocenters. The van der Waals surface area contributed by atoms with E-state index in [0.29, 0.717) is 25.2 Å². The molecule has 9 heteroatoms. The van der Waals surface area contributed by atoms with Gasteiger partial charge in [-0.1, -0.05) is 13.3 Å². The molecule has 1 rings (SSSR count). The Morgan fingerprint density at radius 3 is 2.48 bits per heavy atom. The molecule has 0 spiro atoms. The van der Waals surface area contributed by atoms with Crippen molar-refractivity contribution in [3.05, 3.63) is 23.9 Å². The monoisotopic (exact) mass is 324 g/mol. The Kier molecular flexibility index (Phi) is 5.70. The van der Waals surface area contributed by atoms with Gasteiger partial charge in [0.05, 0.1) is 5.56 Å². The molecule has 0 aliphatic heterocycles. The largest absolute Gasteiger partial charge is 0.417 e. The van der Waals surface area contributed by atoms with Gasteiger partial charge in [0, 0.05) is 12.7 Å². The highest BCUT2D eigenvalue weighted by molar-refractivity contribution is 7.92. The van der Waals surface area contributed by atoms with Gasteiger partial charge in [0.2, 0.25) is 15.7 Å². The van der Waals surface area contributed by atoms with Crippen LogP contribution in [0.25, 0.3) is 0 Å². The molecule has 5 nitrogen and oxygen atoms in total. The smallest absolute Gasteiger partial charge is 0.355 e. The van der Waals surface area contributed by atoms with Gasteiger partial charge in [-0.3, -0.25) is 4.79 Å². The van der Waals surface area contributed by atoms with Crippen LogP contribution in [0.15, 0.2) is 23.4 Å². The summed E-state index contributed by atoms with van der Waals surface area (Å²) in [5.74, 6) is -1.54. The minimum atomic E-state index is -4.59. The van der Waals surface area contributed by atoms with Gasteiger partial charge in [0.1, 0.15) is 5.75 Å². The number of hydrogen-bond donors (Lipinski definition) is 1. The summed E-state index contributed by atoms with van der Waals surface area (Å²) < 4.78 is 60.7. The van der Waals surface area contributed by atoms with E-state index in [1.807, 2.05) is 6.92 Å². The second-order valence-electron chi connectivity index (χ2n) is 4.35. The fourth-order valence-electron chi connectivity index (χ4n) is 1.43. The molecule has 1 aromatic heterocycles. The van der Waals surface area contributed by atoms with E-state index < -0.39 is 38.3 Å². The van der Waals surface area contributed by atoms with Crippen LogP contribution in [0.3, 0.4) is 0 Å². The molecule has 0 saturated carbocycles. The number of unbranched alkanes of at least 4 members (excludes halogenated alkanes) is 1. The number of carbonyl (C=O) groups is 1. The van der Waals surface area contributed by atoms with Crippen molar-refractivity contribution < 1.29 is 26.4 Å². The fraction of sp³-hybridized carbons (Fsp3) is 0.500.